The molecule has 0 aromatic rings. The van der Waals surface area contributed by atoms with Crippen LogP contribution in [0.1, 0.15) is 0 Å². The van der Waals surface area contributed by atoms with Crippen molar-refractivity contribution in [1.82, 2.24) is 0 Å². The zero-order valence-electron chi connectivity index (χ0n) is 2.43. The fourth-order valence-corrected chi connectivity index (χ4v) is 0. The van der Waals surface area contributed by atoms with E-state index in [4.69, 9.17) is 12.3 Å². The molecule has 0 atom stereocenters. The van der Waals surface area contributed by atoms with Crippen molar-refractivity contribution < 1.29 is 29.4 Å². The van der Waals surface area contributed by atoms with Gasteiger partial charge in [0.25, 0.3) is 0 Å². The fourth-order valence-electron chi connectivity index (χ4n) is 0. The van der Waals surface area contributed by atoms with Gasteiger partial charge in [-0.05, 0) is 0 Å². The monoisotopic (exact) mass is 211 g/mol. The summed E-state index contributed by atoms with van der Waals surface area (Å²) in [5, 5.41) is 0. The summed E-state index contributed by atoms with van der Waals surface area (Å²) in [7, 11) is 0. The maximum absolute atomic E-state index is 8.56. The molecular formula is AsFeO3S+. The van der Waals surface area contributed by atoms with E-state index in [0.29, 0.717) is 0 Å². The first-order valence-electron chi connectivity index (χ1n) is 0.548. The average molecular weight is 211 g/mol. The van der Waals surface area contributed by atoms with Crippen molar-refractivity contribution in [3.63, 3.8) is 0 Å². The van der Waals surface area contributed by atoms with E-state index in [9.17, 15) is 0 Å². The molecule has 36 valence electrons. The van der Waals surface area contributed by atoms with E-state index in [0.717, 1.165) is 0 Å². The van der Waals surface area contributed by atoms with Crippen LogP contribution in [-0.4, -0.2) is 15.7 Å². The van der Waals surface area contributed by atoms with Crippen molar-refractivity contribution in [3.8, 4) is 0 Å². The van der Waals surface area contributed by atoms with Crippen molar-refractivity contribution in [2.75, 3.05) is 0 Å². The molecule has 0 fully saturated rings. The first kappa shape index (κ1) is 15.7. The van der Waals surface area contributed by atoms with Gasteiger partial charge in [0, 0.05) is 0 Å². The molecule has 0 saturated heterocycles. The Morgan fingerprint density at radius 1 is 1.00 bits per heavy atom. The third-order valence-corrected chi connectivity index (χ3v) is 0. The maximum Gasteiger partial charge on any atom is 2.00 e. The molecule has 0 aliphatic heterocycles. The molecule has 0 N–H and O–H groups in total. The van der Waals surface area contributed by atoms with Gasteiger partial charge in [0.1, 0.15) is 0 Å². The average Bonchev–Trinajstić information content (AvgIpc) is 0.811. The van der Waals surface area contributed by atoms with Crippen molar-refractivity contribution in [1.29, 1.82) is 0 Å². The van der Waals surface area contributed by atoms with Gasteiger partial charge in [-0.1, -0.05) is 0 Å². The summed E-state index contributed by atoms with van der Waals surface area (Å²) in [5.41, 5.74) is 0. The maximum atomic E-state index is 8.56. The predicted molar refractivity (Wildman–Crippen MR) is 13.1 cm³/mol. The summed E-state index contributed by atoms with van der Waals surface area (Å²) in [6.45, 7) is 0. The molecular weight excluding hydrogens is 211 g/mol. The van der Waals surface area contributed by atoms with Crippen molar-refractivity contribution in [2.24, 2.45) is 0 Å². The molecule has 0 unspecified atom stereocenters. The first-order valence-corrected chi connectivity index (χ1v) is 2.85. The SMILES string of the molecule is [Fe+2].[O-][As]([O-])[O-].[S+2]. The predicted octanol–water partition coefficient (Wildman–Crippen LogP) is -3.95. The third kappa shape index (κ3) is 57.6. The Balaban J connectivity index is -0.0000000450. The van der Waals surface area contributed by atoms with E-state index >= 15 is 0 Å². The van der Waals surface area contributed by atoms with Crippen LogP contribution in [0.4, 0.5) is 0 Å². The van der Waals surface area contributed by atoms with Crippen LogP contribution in [0, 0.1) is 0 Å². The third-order valence-electron chi connectivity index (χ3n) is 0. The van der Waals surface area contributed by atoms with Crippen LogP contribution >= 0.6 is 0 Å². The second-order valence-corrected chi connectivity index (χ2v) is 1.16. The van der Waals surface area contributed by atoms with E-state index in [1.807, 2.05) is 0 Å². The molecule has 0 aromatic heterocycles. The van der Waals surface area contributed by atoms with Crippen LogP contribution in [0.3, 0.4) is 0 Å². The molecule has 3 nitrogen and oxygen atoms in total. The molecule has 0 saturated carbocycles. The molecule has 0 amide bonds. The molecule has 0 rings (SSSR count). The van der Waals surface area contributed by atoms with Gasteiger partial charge in [-0.15, -0.1) is 0 Å². The van der Waals surface area contributed by atoms with Gasteiger partial charge in [0.2, 0.25) is 0 Å². The summed E-state index contributed by atoms with van der Waals surface area (Å²) < 4.78 is 25.7. The van der Waals surface area contributed by atoms with Crippen molar-refractivity contribution in [2.45, 2.75) is 0 Å². The van der Waals surface area contributed by atoms with Gasteiger partial charge >= 0.3 is 58.5 Å². The zero-order chi connectivity index (χ0) is 3.58. The van der Waals surface area contributed by atoms with E-state index in [1.54, 1.807) is 0 Å². The van der Waals surface area contributed by atoms with Crippen LogP contribution in [0.2, 0.25) is 0 Å². The summed E-state index contributed by atoms with van der Waals surface area (Å²) in [4.78, 5) is 0. The topological polar surface area (TPSA) is 69.2 Å². The number of rotatable bonds is 0. The Hall–Kier alpha value is 1.31. The van der Waals surface area contributed by atoms with E-state index in [2.05, 4.69) is 0 Å². The minimum absolute atomic E-state index is 0. The molecule has 0 bridgehead atoms. The van der Waals surface area contributed by atoms with Gasteiger partial charge < -0.3 is 0 Å². The summed E-state index contributed by atoms with van der Waals surface area (Å²) in [6.07, 6.45) is 0. The molecule has 0 aliphatic rings. The Morgan fingerprint density at radius 2 is 1.00 bits per heavy atom. The van der Waals surface area contributed by atoms with Crippen LogP contribution in [0.15, 0.2) is 0 Å². The zero-order valence-corrected chi connectivity index (χ0v) is 6.23. The molecule has 0 spiro atoms. The minimum atomic E-state index is -3.94. The van der Waals surface area contributed by atoms with Crippen LogP contribution in [0.5, 0.6) is 0 Å². The minimum Gasteiger partial charge on any atom is 2.00 e. The number of hydrogen-bond acceptors (Lipinski definition) is 3. The Labute approximate surface area is 58.6 Å². The van der Waals surface area contributed by atoms with Crippen LogP contribution in [-0.2, 0) is 30.6 Å². The van der Waals surface area contributed by atoms with Gasteiger partial charge in [-0.2, -0.15) is 0 Å². The Kier molecular flexibility index (Phi) is 25.0. The number of hydrogen-bond donors (Lipinski definition) is 0. The standard InChI is InChI=1S/AsO3.Fe.S/c2-1(3)4;;/q-3;2*+2. The quantitative estimate of drug-likeness (QED) is 0.384. The largest absolute Gasteiger partial charge is 2.00 e. The first-order chi connectivity index (χ1) is 1.73. The summed E-state index contributed by atoms with van der Waals surface area (Å²) in [6, 6.07) is 0. The summed E-state index contributed by atoms with van der Waals surface area (Å²) in [5.74, 6) is 0. The van der Waals surface area contributed by atoms with Gasteiger partial charge in [0.05, 0.1) is 0 Å². The van der Waals surface area contributed by atoms with Gasteiger partial charge in [0.15, 0.2) is 0 Å². The Morgan fingerprint density at radius 3 is 1.00 bits per heavy atom. The molecule has 0 aromatic carbocycles. The van der Waals surface area contributed by atoms with Crippen LogP contribution in [0.25, 0.3) is 0 Å². The Bertz CT molecular complexity index is 15.5. The van der Waals surface area contributed by atoms with Gasteiger partial charge in [-0.25, -0.2) is 0 Å². The smallest absolute Gasteiger partial charge is 2.00 e. The van der Waals surface area contributed by atoms with Crippen molar-refractivity contribution >= 4 is 29.2 Å². The van der Waals surface area contributed by atoms with Gasteiger partial charge in [-0.3, -0.25) is 0 Å². The normalized spacial score (nSPS) is 6.00. The molecule has 0 aliphatic carbocycles. The second kappa shape index (κ2) is 9.58. The van der Waals surface area contributed by atoms with Crippen LogP contribution < -0.4 is 12.3 Å². The van der Waals surface area contributed by atoms with Crippen molar-refractivity contribution in [3.05, 3.63) is 0 Å². The van der Waals surface area contributed by atoms with E-state index in [1.165, 1.54) is 0 Å². The van der Waals surface area contributed by atoms with E-state index in [-0.39, 0.29) is 30.6 Å². The molecule has 0 heterocycles. The second-order valence-electron chi connectivity index (χ2n) is 0.224. The molecule has 4 radical (unpaired) electrons. The molecule has 6 heteroatoms. The summed E-state index contributed by atoms with van der Waals surface area (Å²) >= 11 is -3.94. The molecule has 6 heavy (non-hydrogen) atoms. The van der Waals surface area contributed by atoms with E-state index < -0.39 is 15.7 Å². The fraction of sp³-hybridized carbons (Fsp3) is 0.